The summed E-state index contributed by atoms with van der Waals surface area (Å²) >= 11 is 0. The molecule has 1 aliphatic rings. The van der Waals surface area contributed by atoms with Crippen LogP contribution in [0, 0.1) is 0 Å². The lowest BCUT2D eigenvalue weighted by Crippen LogP contribution is -2.50. The van der Waals surface area contributed by atoms with Crippen LogP contribution in [0.5, 0.6) is 0 Å². The Morgan fingerprint density at radius 1 is 1.46 bits per heavy atom. The Hall–Kier alpha value is -0.450. The van der Waals surface area contributed by atoms with E-state index in [2.05, 4.69) is 10.6 Å². The van der Waals surface area contributed by atoms with Gasteiger partial charge in [0.25, 0.3) is 0 Å². The van der Waals surface area contributed by atoms with E-state index in [4.69, 9.17) is 4.74 Å². The minimum Gasteiger partial charge on any atom is -0.378 e. The van der Waals surface area contributed by atoms with Gasteiger partial charge in [-0.1, -0.05) is 0 Å². The highest BCUT2D eigenvalue weighted by molar-refractivity contribution is 5.62. The number of aldehydes is 1. The van der Waals surface area contributed by atoms with E-state index in [0.717, 1.165) is 32.6 Å². The molecule has 0 aliphatic carbocycles. The molecule has 76 valence electrons. The molecule has 1 heterocycles. The molecule has 1 saturated heterocycles. The van der Waals surface area contributed by atoms with Crippen molar-refractivity contribution in [2.45, 2.75) is 25.4 Å². The molecule has 0 unspecified atom stereocenters. The number of ether oxygens (including phenoxy) is 1. The summed E-state index contributed by atoms with van der Waals surface area (Å²) < 4.78 is 5.01. The maximum Gasteiger partial charge on any atom is 0.139 e. The molecule has 1 aliphatic heterocycles. The van der Waals surface area contributed by atoms with Crippen LogP contribution in [0.4, 0.5) is 0 Å². The number of carbonyl (C=O) groups excluding carboxylic acids is 1. The van der Waals surface area contributed by atoms with Crippen LogP contribution in [0.2, 0.25) is 0 Å². The summed E-state index contributed by atoms with van der Waals surface area (Å²) in [6.07, 6.45) is 0.930. The fourth-order valence-electron chi connectivity index (χ4n) is 1.06. The van der Waals surface area contributed by atoms with Gasteiger partial charge in [-0.05, 0) is 13.8 Å². The molecule has 0 aromatic carbocycles. The first kappa shape index (κ1) is 10.6. The molecule has 0 spiro atoms. The minimum absolute atomic E-state index is 0.405. The van der Waals surface area contributed by atoms with Crippen molar-refractivity contribution < 1.29 is 9.53 Å². The highest BCUT2D eigenvalue weighted by atomic mass is 16.5. The Labute approximate surface area is 79.0 Å². The summed E-state index contributed by atoms with van der Waals surface area (Å²) in [5.41, 5.74) is -0.405. The van der Waals surface area contributed by atoms with E-state index in [-0.39, 0.29) is 0 Å². The van der Waals surface area contributed by atoms with Crippen molar-refractivity contribution in [2.75, 3.05) is 26.3 Å². The molecule has 4 nitrogen and oxygen atoms in total. The van der Waals surface area contributed by atoms with Crippen LogP contribution in [0.3, 0.4) is 0 Å². The number of hydrogen-bond donors (Lipinski definition) is 2. The van der Waals surface area contributed by atoms with E-state index in [0.29, 0.717) is 6.04 Å². The maximum atomic E-state index is 10.5. The predicted octanol–water partition coefficient (Wildman–Crippen LogP) is -0.458. The zero-order valence-electron chi connectivity index (χ0n) is 8.30. The van der Waals surface area contributed by atoms with Crippen LogP contribution in [-0.4, -0.2) is 44.2 Å². The molecule has 13 heavy (non-hydrogen) atoms. The number of carbonyl (C=O) groups is 1. The van der Waals surface area contributed by atoms with E-state index in [1.165, 1.54) is 0 Å². The van der Waals surface area contributed by atoms with Gasteiger partial charge in [-0.15, -0.1) is 0 Å². The van der Waals surface area contributed by atoms with Crippen LogP contribution in [0.25, 0.3) is 0 Å². The summed E-state index contributed by atoms with van der Waals surface area (Å²) in [6, 6.07) is 0.515. The molecule has 0 radical (unpaired) electrons. The van der Waals surface area contributed by atoms with Gasteiger partial charge < -0.3 is 20.2 Å². The third kappa shape index (κ3) is 3.85. The molecule has 0 amide bonds. The van der Waals surface area contributed by atoms with Gasteiger partial charge in [0, 0.05) is 13.1 Å². The lowest BCUT2D eigenvalue weighted by Gasteiger charge is -2.27. The van der Waals surface area contributed by atoms with Crippen molar-refractivity contribution >= 4 is 6.29 Å². The normalized spacial score (nSPS) is 18.3. The number of hydrogen-bond acceptors (Lipinski definition) is 4. The molecule has 4 heteroatoms. The smallest absolute Gasteiger partial charge is 0.139 e. The van der Waals surface area contributed by atoms with Crippen molar-refractivity contribution in [2.24, 2.45) is 0 Å². The first-order valence-corrected chi connectivity index (χ1v) is 4.66. The van der Waals surface area contributed by atoms with Gasteiger partial charge in [0.15, 0.2) is 0 Å². The summed E-state index contributed by atoms with van der Waals surface area (Å²) in [5.74, 6) is 0. The second-order valence-corrected chi connectivity index (χ2v) is 3.95. The van der Waals surface area contributed by atoms with Crippen LogP contribution >= 0.6 is 0 Å². The van der Waals surface area contributed by atoms with Crippen LogP contribution < -0.4 is 10.6 Å². The molecule has 0 aromatic rings. The summed E-state index contributed by atoms with van der Waals surface area (Å²) in [6.45, 7) is 7.06. The van der Waals surface area contributed by atoms with Gasteiger partial charge in [-0.25, -0.2) is 0 Å². The zero-order chi connectivity index (χ0) is 9.73. The second-order valence-electron chi connectivity index (χ2n) is 3.95. The molecular formula is C9H18N2O2. The Morgan fingerprint density at radius 3 is 2.62 bits per heavy atom. The minimum atomic E-state index is -0.405. The van der Waals surface area contributed by atoms with Crippen molar-refractivity contribution in [3.8, 4) is 0 Å². The fraction of sp³-hybridized carbons (Fsp3) is 0.889. The monoisotopic (exact) mass is 186 g/mol. The molecule has 1 rings (SSSR count). The molecule has 0 atom stereocenters. The van der Waals surface area contributed by atoms with E-state index < -0.39 is 5.54 Å². The van der Waals surface area contributed by atoms with Crippen molar-refractivity contribution in [1.82, 2.24) is 10.6 Å². The standard InChI is InChI=1S/C9H18N2O2/c1-9(2,7-12)11-4-3-10-8-5-13-6-8/h7-8,10-11H,3-6H2,1-2H3. The van der Waals surface area contributed by atoms with Gasteiger partial charge >= 0.3 is 0 Å². The van der Waals surface area contributed by atoms with Gasteiger partial charge in [0.05, 0.1) is 24.8 Å². The molecule has 1 fully saturated rings. The molecule has 0 bridgehead atoms. The predicted molar refractivity (Wildman–Crippen MR) is 50.8 cm³/mol. The molecular weight excluding hydrogens is 168 g/mol. The average molecular weight is 186 g/mol. The quantitative estimate of drug-likeness (QED) is 0.435. The SMILES string of the molecule is CC(C)(C=O)NCCNC1COC1. The van der Waals surface area contributed by atoms with E-state index in [1.807, 2.05) is 13.8 Å². The third-order valence-corrected chi connectivity index (χ3v) is 2.07. The van der Waals surface area contributed by atoms with Gasteiger partial charge in [0.2, 0.25) is 0 Å². The Kier molecular flexibility index (Phi) is 3.84. The summed E-state index contributed by atoms with van der Waals surface area (Å²) in [4.78, 5) is 10.5. The first-order chi connectivity index (χ1) is 6.14. The van der Waals surface area contributed by atoms with Crippen LogP contribution in [0.15, 0.2) is 0 Å². The molecule has 0 saturated carbocycles. The lowest BCUT2D eigenvalue weighted by atomic mass is 10.1. The van der Waals surface area contributed by atoms with Gasteiger partial charge in [-0.2, -0.15) is 0 Å². The lowest BCUT2D eigenvalue weighted by molar-refractivity contribution is -0.112. The molecule has 0 aromatic heterocycles. The zero-order valence-corrected chi connectivity index (χ0v) is 8.30. The van der Waals surface area contributed by atoms with E-state index in [9.17, 15) is 4.79 Å². The highest BCUT2D eigenvalue weighted by Crippen LogP contribution is 1.98. The molecule has 2 N–H and O–H groups in total. The van der Waals surface area contributed by atoms with Crippen LogP contribution in [-0.2, 0) is 9.53 Å². The first-order valence-electron chi connectivity index (χ1n) is 4.66. The maximum absolute atomic E-state index is 10.5. The Balaban J connectivity index is 1.96. The van der Waals surface area contributed by atoms with Crippen LogP contribution in [0.1, 0.15) is 13.8 Å². The largest absolute Gasteiger partial charge is 0.378 e. The van der Waals surface area contributed by atoms with Crippen molar-refractivity contribution in [3.63, 3.8) is 0 Å². The van der Waals surface area contributed by atoms with Gasteiger partial charge in [0.1, 0.15) is 6.29 Å². The van der Waals surface area contributed by atoms with E-state index in [1.54, 1.807) is 0 Å². The summed E-state index contributed by atoms with van der Waals surface area (Å²) in [5, 5.41) is 6.45. The number of nitrogens with one attached hydrogen (secondary N) is 2. The fourth-order valence-corrected chi connectivity index (χ4v) is 1.06. The summed E-state index contributed by atoms with van der Waals surface area (Å²) in [7, 11) is 0. The van der Waals surface area contributed by atoms with E-state index >= 15 is 0 Å². The Morgan fingerprint density at radius 2 is 2.15 bits per heavy atom. The topological polar surface area (TPSA) is 50.4 Å². The average Bonchev–Trinajstić information content (AvgIpc) is 2.01. The highest BCUT2D eigenvalue weighted by Gasteiger charge is 2.18. The number of rotatable bonds is 6. The van der Waals surface area contributed by atoms with Crippen molar-refractivity contribution in [3.05, 3.63) is 0 Å². The third-order valence-electron chi connectivity index (χ3n) is 2.07. The van der Waals surface area contributed by atoms with Crippen molar-refractivity contribution in [1.29, 1.82) is 0 Å². The Bertz CT molecular complexity index is 167. The van der Waals surface area contributed by atoms with Gasteiger partial charge in [-0.3, -0.25) is 0 Å². The second kappa shape index (κ2) is 4.69.